The molecule has 6 nitrogen and oxygen atoms in total. The highest BCUT2D eigenvalue weighted by Crippen LogP contribution is 2.16. The van der Waals surface area contributed by atoms with Crippen molar-refractivity contribution in [2.24, 2.45) is 5.41 Å². The van der Waals surface area contributed by atoms with E-state index in [1.165, 1.54) is 25.0 Å². The monoisotopic (exact) mass is 326 g/mol. The number of carbonyl (C=O) groups excluding carboxylic acids is 2. The van der Waals surface area contributed by atoms with Crippen molar-refractivity contribution in [3.63, 3.8) is 0 Å². The van der Waals surface area contributed by atoms with Crippen molar-refractivity contribution >= 4 is 11.6 Å². The van der Waals surface area contributed by atoms with Crippen molar-refractivity contribution < 1.29 is 19.1 Å². The summed E-state index contributed by atoms with van der Waals surface area (Å²) in [6.45, 7) is 11.3. The maximum atomic E-state index is 11.9. The van der Waals surface area contributed by atoms with Crippen LogP contribution < -0.4 is 10.6 Å². The molecule has 0 aromatic heterocycles. The Morgan fingerprint density at radius 3 is 1.96 bits per heavy atom. The van der Waals surface area contributed by atoms with Gasteiger partial charge >= 0.3 is 0 Å². The molecule has 1 aliphatic heterocycles. The van der Waals surface area contributed by atoms with Crippen LogP contribution in [0.15, 0.2) is 25.0 Å². The topological polar surface area (TPSA) is 76.7 Å². The van der Waals surface area contributed by atoms with E-state index in [9.17, 15) is 9.59 Å². The molecular weight excluding hydrogens is 296 g/mol. The zero-order chi connectivity index (χ0) is 17.7. The van der Waals surface area contributed by atoms with Gasteiger partial charge in [0.25, 0.3) is 0 Å². The smallest absolute Gasteiger partial charge is 0.154 e. The molecule has 2 N–H and O–H groups in total. The van der Waals surface area contributed by atoms with Gasteiger partial charge in [-0.15, -0.1) is 0 Å². The minimum atomic E-state index is -0.292. The average Bonchev–Trinajstić information content (AvgIpc) is 2.51. The molecule has 0 aromatic rings. The second-order valence-electron chi connectivity index (χ2n) is 6.34. The predicted molar refractivity (Wildman–Crippen MR) is 90.5 cm³/mol. The first-order valence-electron chi connectivity index (χ1n) is 7.84. The summed E-state index contributed by atoms with van der Waals surface area (Å²) in [7, 11) is 0. The lowest BCUT2D eigenvalue weighted by molar-refractivity contribution is -0.128. The largest absolute Gasteiger partial charge is 0.466 e. The zero-order valence-corrected chi connectivity index (χ0v) is 14.8. The van der Waals surface area contributed by atoms with Crippen molar-refractivity contribution in [3.8, 4) is 0 Å². The fourth-order valence-corrected chi connectivity index (χ4v) is 1.76. The van der Waals surface area contributed by atoms with E-state index in [0.29, 0.717) is 6.54 Å². The third-order valence-corrected chi connectivity index (χ3v) is 2.91. The molecule has 6 heteroatoms. The van der Waals surface area contributed by atoms with Crippen LogP contribution in [0.1, 0.15) is 41.0 Å². The van der Waals surface area contributed by atoms with E-state index < -0.39 is 0 Å². The minimum Gasteiger partial charge on any atom is -0.466 e. The summed E-state index contributed by atoms with van der Waals surface area (Å²) in [6.07, 6.45) is 6.75. The molecule has 0 radical (unpaired) electrons. The minimum absolute atomic E-state index is 0.109. The van der Waals surface area contributed by atoms with Crippen LogP contribution in [0.5, 0.6) is 0 Å². The molecule has 23 heavy (non-hydrogen) atoms. The molecule has 132 valence electrons. The SMILES string of the molecule is C1=COC=CO1.CC(=O)CNCCCNC(C)C(=O)C(C)(C)C. The van der Waals surface area contributed by atoms with Crippen LogP contribution in [0.3, 0.4) is 0 Å². The lowest BCUT2D eigenvalue weighted by Crippen LogP contribution is -2.41. The fourth-order valence-electron chi connectivity index (χ4n) is 1.76. The molecule has 0 spiro atoms. The van der Waals surface area contributed by atoms with E-state index >= 15 is 0 Å². The highest BCUT2D eigenvalue weighted by atomic mass is 16.5. The lowest BCUT2D eigenvalue weighted by atomic mass is 9.87. The Morgan fingerprint density at radius 2 is 1.57 bits per heavy atom. The average molecular weight is 326 g/mol. The van der Waals surface area contributed by atoms with Crippen LogP contribution >= 0.6 is 0 Å². The Hall–Kier alpha value is -1.66. The molecule has 0 saturated heterocycles. The summed E-state index contributed by atoms with van der Waals surface area (Å²) in [4.78, 5) is 22.5. The summed E-state index contributed by atoms with van der Waals surface area (Å²) in [5, 5.41) is 6.25. The van der Waals surface area contributed by atoms with E-state index in [-0.39, 0.29) is 23.0 Å². The Kier molecular flexibility index (Phi) is 11.0. The quantitative estimate of drug-likeness (QED) is 0.666. The summed E-state index contributed by atoms with van der Waals surface area (Å²) in [5.74, 6) is 0.378. The second kappa shape index (κ2) is 11.8. The van der Waals surface area contributed by atoms with Gasteiger partial charge in [-0.3, -0.25) is 9.59 Å². The van der Waals surface area contributed by atoms with Crippen LogP contribution in [-0.2, 0) is 19.1 Å². The summed E-state index contributed by atoms with van der Waals surface area (Å²) in [6, 6.07) is -0.109. The van der Waals surface area contributed by atoms with Gasteiger partial charge in [-0.05, 0) is 33.4 Å². The summed E-state index contributed by atoms with van der Waals surface area (Å²) >= 11 is 0. The second-order valence-corrected chi connectivity index (χ2v) is 6.34. The Labute approximate surface area is 139 Å². The highest BCUT2D eigenvalue weighted by Gasteiger charge is 2.25. The van der Waals surface area contributed by atoms with Crippen LogP contribution in [0.25, 0.3) is 0 Å². The van der Waals surface area contributed by atoms with Gasteiger partial charge in [-0.2, -0.15) is 0 Å². The van der Waals surface area contributed by atoms with Gasteiger partial charge in [-0.25, -0.2) is 0 Å². The van der Waals surface area contributed by atoms with Gasteiger partial charge in [0.15, 0.2) is 5.78 Å². The van der Waals surface area contributed by atoms with Crippen molar-refractivity contribution in [1.29, 1.82) is 0 Å². The van der Waals surface area contributed by atoms with E-state index in [0.717, 1.165) is 19.5 Å². The third kappa shape index (κ3) is 12.6. The van der Waals surface area contributed by atoms with Gasteiger partial charge in [0.2, 0.25) is 0 Å². The van der Waals surface area contributed by atoms with E-state index in [2.05, 4.69) is 20.1 Å². The highest BCUT2D eigenvalue weighted by molar-refractivity contribution is 5.88. The number of hydrogen-bond acceptors (Lipinski definition) is 6. The molecule has 0 aromatic carbocycles. The molecule has 0 bridgehead atoms. The summed E-state index contributed by atoms with van der Waals surface area (Å²) < 4.78 is 9.17. The zero-order valence-electron chi connectivity index (χ0n) is 14.8. The number of rotatable bonds is 8. The van der Waals surface area contributed by atoms with Crippen molar-refractivity contribution in [2.45, 2.75) is 47.1 Å². The Bertz CT molecular complexity index is 391. The molecule has 1 atom stereocenters. The number of carbonyl (C=O) groups is 2. The van der Waals surface area contributed by atoms with Gasteiger partial charge < -0.3 is 20.1 Å². The first-order valence-corrected chi connectivity index (χ1v) is 7.84. The molecule has 0 amide bonds. The van der Waals surface area contributed by atoms with Crippen LogP contribution in [-0.4, -0.2) is 37.2 Å². The standard InChI is InChI=1S/C13H26N2O2.C4H4O2/c1-10(16)9-14-7-6-8-15-11(2)12(17)13(3,4)5;1-2-6-4-3-5-1/h11,14-15H,6-9H2,1-5H3;1-4H. The molecule has 0 aliphatic carbocycles. The Morgan fingerprint density at radius 1 is 1.04 bits per heavy atom. The van der Waals surface area contributed by atoms with Crippen molar-refractivity contribution in [2.75, 3.05) is 19.6 Å². The van der Waals surface area contributed by atoms with Crippen LogP contribution in [0.2, 0.25) is 0 Å². The number of ether oxygens (including phenoxy) is 2. The Balaban J connectivity index is 0.000000664. The van der Waals surface area contributed by atoms with Crippen LogP contribution in [0.4, 0.5) is 0 Å². The number of Topliss-reactive ketones (excluding diaryl/α,β-unsaturated/α-hetero) is 2. The van der Waals surface area contributed by atoms with Gasteiger partial charge in [0.05, 0.1) is 12.6 Å². The van der Waals surface area contributed by atoms with Crippen molar-refractivity contribution in [1.82, 2.24) is 10.6 Å². The van der Waals surface area contributed by atoms with Crippen LogP contribution in [0, 0.1) is 5.41 Å². The molecule has 1 rings (SSSR count). The predicted octanol–water partition coefficient (Wildman–Crippen LogP) is 2.12. The first-order chi connectivity index (χ1) is 10.7. The normalized spacial score (nSPS) is 14.1. The lowest BCUT2D eigenvalue weighted by Gasteiger charge is -2.22. The molecule has 1 unspecified atom stereocenters. The number of nitrogens with one attached hydrogen (secondary N) is 2. The van der Waals surface area contributed by atoms with Gasteiger partial charge in [0, 0.05) is 5.41 Å². The molecule has 0 saturated carbocycles. The third-order valence-electron chi connectivity index (χ3n) is 2.91. The maximum Gasteiger partial charge on any atom is 0.154 e. The van der Waals surface area contributed by atoms with E-state index in [1.54, 1.807) is 6.92 Å². The maximum absolute atomic E-state index is 11.9. The number of ketones is 2. The first kappa shape index (κ1) is 21.3. The van der Waals surface area contributed by atoms with E-state index in [4.69, 9.17) is 0 Å². The van der Waals surface area contributed by atoms with Gasteiger partial charge in [0.1, 0.15) is 30.8 Å². The fraction of sp³-hybridized carbons (Fsp3) is 0.647. The van der Waals surface area contributed by atoms with Gasteiger partial charge in [-0.1, -0.05) is 20.8 Å². The molecule has 1 aliphatic rings. The number of hydrogen-bond donors (Lipinski definition) is 2. The molecule has 1 heterocycles. The van der Waals surface area contributed by atoms with E-state index in [1.807, 2.05) is 27.7 Å². The molecule has 0 fully saturated rings. The van der Waals surface area contributed by atoms with Crippen molar-refractivity contribution in [3.05, 3.63) is 25.0 Å². The summed E-state index contributed by atoms with van der Waals surface area (Å²) in [5.41, 5.74) is -0.292. The molecular formula is C17H30N2O4.